The molecule has 2 aromatic rings. The zero-order valence-electron chi connectivity index (χ0n) is 20.1. The summed E-state index contributed by atoms with van der Waals surface area (Å²) in [6.07, 6.45) is -0.557. The monoisotopic (exact) mass is 501 g/mol. The van der Waals surface area contributed by atoms with E-state index in [1.807, 2.05) is 26.2 Å². The largest absolute Gasteiger partial charge is 0.461 e. The number of carbonyl (C=O) groups is 3. The van der Waals surface area contributed by atoms with Gasteiger partial charge < -0.3 is 19.1 Å². The lowest BCUT2D eigenvalue weighted by Crippen LogP contribution is -2.66. The maximum absolute atomic E-state index is 12.8. The van der Waals surface area contributed by atoms with Crippen LogP contribution in [0.1, 0.15) is 55.5 Å². The van der Waals surface area contributed by atoms with Crippen molar-refractivity contribution in [2.45, 2.75) is 57.4 Å². The normalized spacial score (nSPS) is 21.6. The molecule has 1 fully saturated rings. The molecule has 1 aromatic carbocycles. The fraction of sp³-hybridized carbons (Fsp3) is 0.478. The molecular formula is C23H27N5O6S. The number of thioether (sulfide) groups is 1. The van der Waals surface area contributed by atoms with E-state index >= 15 is 0 Å². The number of tetrazole rings is 1. The Morgan fingerprint density at radius 3 is 2.51 bits per heavy atom. The molecule has 0 bridgehead atoms. The summed E-state index contributed by atoms with van der Waals surface area (Å²) in [6.45, 7) is 7.09. The van der Waals surface area contributed by atoms with Crippen LogP contribution in [0.25, 0.3) is 0 Å². The number of aromatic nitrogens is 4. The topological polar surface area (TPSA) is 126 Å². The number of nitrogens with zero attached hydrogens (tertiary/aromatic N) is 5. The molecule has 1 amide bonds. The number of hydrogen-bond donors (Lipinski definition) is 0. The Labute approximate surface area is 206 Å². The highest BCUT2D eigenvalue weighted by Crippen LogP contribution is 2.46. The highest BCUT2D eigenvalue weighted by atomic mass is 32.2. The SMILES string of the molecule is CO[C@H]1C(=O)N2C(c3nnnn3Cc3ccc(C(=O)OC(C)(C)C)cc3)C(COC(C)=O)=CS[C@H]12. The van der Waals surface area contributed by atoms with E-state index in [9.17, 15) is 14.4 Å². The Kier molecular flexibility index (Phi) is 6.95. The zero-order valence-corrected chi connectivity index (χ0v) is 20.9. The molecule has 0 aliphatic carbocycles. The van der Waals surface area contributed by atoms with E-state index in [1.165, 1.54) is 25.8 Å². The van der Waals surface area contributed by atoms with Crippen molar-refractivity contribution in [2.24, 2.45) is 0 Å². The average Bonchev–Trinajstić information content (AvgIpc) is 3.24. The molecular weight excluding hydrogens is 474 g/mol. The van der Waals surface area contributed by atoms with Gasteiger partial charge in [0, 0.05) is 19.6 Å². The Bertz CT molecular complexity index is 1160. The molecule has 1 saturated heterocycles. The van der Waals surface area contributed by atoms with Gasteiger partial charge >= 0.3 is 11.9 Å². The lowest BCUT2D eigenvalue weighted by atomic mass is 9.99. The fourth-order valence-electron chi connectivity index (χ4n) is 3.85. The van der Waals surface area contributed by atoms with Gasteiger partial charge in [0.2, 0.25) is 0 Å². The minimum Gasteiger partial charge on any atom is -0.461 e. The third-order valence-corrected chi connectivity index (χ3v) is 6.63. The third-order valence-electron chi connectivity index (χ3n) is 5.44. The summed E-state index contributed by atoms with van der Waals surface area (Å²) in [6, 6.07) is 6.38. The highest BCUT2D eigenvalue weighted by Gasteiger charge is 2.55. The second-order valence-corrected chi connectivity index (χ2v) is 10.2. The number of methoxy groups -OCH3 is 1. The van der Waals surface area contributed by atoms with Crippen LogP contribution < -0.4 is 0 Å². The zero-order chi connectivity index (χ0) is 25.3. The molecule has 1 unspecified atom stereocenters. The van der Waals surface area contributed by atoms with Crippen LogP contribution in [0.3, 0.4) is 0 Å². The maximum Gasteiger partial charge on any atom is 0.338 e. The second kappa shape index (κ2) is 9.78. The maximum atomic E-state index is 12.8. The van der Waals surface area contributed by atoms with Crippen LogP contribution in [0.15, 0.2) is 35.2 Å². The van der Waals surface area contributed by atoms with Gasteiger partial charge in [-0.05, 0) is 54.3 Å². The summed E-state index contributed by atoms with van der Waals surface area (Å²) in [5.74, 6) is -0.569. The summed E-state index contributed by atoms with van der Waals surface area (Å²) in [7, 11) is 1.50. The third kappa shape index (κ3) is 5.22. The average molecular weight is 502 g/mol. The van der Waals surface area contributed by atoms with Crippen molar-refractivity contribution in [1.82, 2.24) is 25.1 Å². The Balaban J connectivity index is 1.57. The minimum atomic E-state index is -0.601. The number of ether oxygens (including phenoxy) is 3. The van der Waals surface area contributed by atoms with E-state index in [2.05, 4.69) is 15.5 Å². The molecule has 3 heterocycles. The van der Waals surface area contributed by atoms with Gasteiger partial charge in [0.1, 0.15) is 23.6 Å². The van der Waals surface area contributed by atoms with Crippen molar-refractivity contribution < 1.29 is 28.6 Å². The van der Waals surface area contributed by atoms with Crippen molar-refractivity contribution in [1.29, 1.82) is 0 Å². The molecule has 2 aliphatic rings. The molecule has 0 saturated carbocycles. The summed E-state index contributed by atoms with van der Waals surface area (Å²) in [4.78, 5) is 38.2. The first-order chi connectivity index (χ1) is 16.6. The summed E-state index contributed by atoms with van der Waals surface area (Å²) >= 11 is 1.43. The van der Waals surface area contributed by atoms with Crippen molar-refractivity contribution in [3.8, 4) is 0 Å². The van der Waals surface area contributed by atoms with Crippen LogP contribution in [-0.2, 0) is 30.3 Å². The van der Waals surface area contributed by atoms with Gasteiger partial charge in [0.05, 0.1) is 12.1 Å². The molecule has 4 rings (SSSR count). The van der Waals surface area contributed by atoms with Crippen molar-refractivity contribution in [3.63, 3.8) is 0 Å². The van der Waals surface area contributed by atoms with Crippen LogP contribution >= 0.6 is 11.8 Å². The first kappa shape index (κ1) is 24.9. The molecule has 0 radical (unpaired) electrons. The number of amides is 1. The summed E-state index contributed by atoms with van der Waals surface area (Å²) in [5.41, 5.74) is 1.40. The predicted molar refractivity (Wildman–Crippen MR) is 125 cm³/mol. The standard InChI is InChI=1S/C23H27N5O6S/c1-13(29)33-11-16-12-35-21-18(32-5)20(30)28(21)17(16)19-24-25-26-27(19)10-14-6-8-15(9-7-14)22(31)34-23(2,3)4/h6-9,12,17-18,21H,10-11H2,1-5H3/t17?,18-,21+/m0/s1. The summed E-state index contributed by atoms with van der Waals surface area (Å²) in [5, 5.41) is 13.8. The van der Waals surface area contributed by atoms with E-state index in [0.717, 1.165) is 5.56 Å². The highest BCUT2D eigenvalue weighted by molar-refractivity contribution is 8.02. The van der Waals surface area contributed by atoms with Crippen molar-refractivity contribution in [2.75, 3.05) is 13.7 Å². The lowest BCUT2D eigenvalue weighted by Gasteiger charge is -2.51. The van der Waals surface area contributed by atoms with Crippen LogP contribution in [0, 0.1) is 0 Å². The smallest absolute Gasteiger partial charge is 0.338 e. The van der Waals surface area contributed by atoms with Gasteiger partial charge in [0.15, 0.2) is 11.9 Å². The first-order valence-electron chi connectivity index (χ1n) is 11.0. The van der Waals surface area contributed by atoms with Crippen LogP contribution in [0.5, 0.6) is 0 Å². The number of rotatable bonds is 7. The van der Waals surface area contributed by atoms with Crippen molar-refractivity contribution >= 4 is 29.6 Å². The van der Waals surface area contributed by atoms with Gasteiger partial charge in [-0.2, -0.15) is 0 Å². The number of carbonyl (C=O) groups excluding carboxylic acids is 3. The van der Waals surface area contributed by atoms with Gasteiger partial charge in [-0.15, -0.1) is 16.9 Å². The second-order valence-electron chi connectivity index (χ2n) is 9.20. The van der Waals surface area contributed by atoms with Gasteiger partial charge in [-0.25, -0.2) is 9.48 Å². The molecule has 3 atom stereocenters. The van der Waals surface area contributed by atoms with Crippen LogP contribution in [0.2, 0.25) is 0 Å². The Morgan fingerprint density at radius 1 is 1.17 bits per heavy atom. The number of fused-ring (bicyclic) bond motifs is 1. The number of benzene rings is 1. The van der Waals surface area contributed by atoms with E-state index in [4.69, 9.17) is 14.2 Å². The molecule has 11 nitrogen and oxygen atoms in total. The van der Waals surface area contributed by atoms with Crippen LogP contribution in [-0.4, -0.2) is 73.7 Å². The quantitative estimate of drug-likeness (QED) is 0.411. The minimum absolute atomic E-state index is 0.0125. The van der Waals surface area contributed by atoms with E-state index in [1.54, 1.807) is 33.8 Å². The number of β-lactam (4-membered cyclic amide) rings is 1. The molecule has 0 spiro atoms. The Morgan fingerprint density at radius 2 is 1.89 bits per heavy atom. The molecule has 2 aliphatic heterocycles. The number of esters is 2. The molecule has 35 heavy (non-hydrogen) atoms. The van der Waals surface area contributed by atoms with Crippen LogP contribution in [0.4, 0.5) is 0 Å². The van der Waals surface area contributed by atoms with Gasteiger partial charge in [0.25, 0.3) is 5.91 Å². The molecule has 1 aromatic heterocycles. The predicted octanol–water partition coefficient (Wildman–Crippen LogP) is 2.09. The van der Waals surface area contributed by atoms with Gasteiger partial charge in [-0.1, -0.05) is 12.1 Å². The molecule has 0 N–H and O–H groups in total. The van der Waals surface area contributed by atoms with E-state index < -0.39 is 29.7 Å². The fourth-order valence-corrected chi connectivity index (χ4v) is 5.09. The Hall–Kier alpha value is -3.25. The van der Waals surface area contributed by atoms with Crippen molar-refractivity contribution in [3.05, 3.63) is 52.2 Å². The van der Waals surface area contributed by atoms with E-state index in [-0.39, 0.29) is 17.9 Å². The summed E-state index contributed by atoms with van der Waals surface area (Å²) < 4.78 is 17.6. The first-order valence-corrected chi connectivity index (χ1v) is 11.9. The van der Waals surface area contributed by atoms with E-state index in [0.29, 0.717) is 23.5 Å². The number of hydrogen-bond acceptors (Lipinski definition) is 10. The molecule has 12 heteroatoms. The lowest BCUT2D eigenvalue weighted by molar-refractivity contribution is -0.166. The van der Waals surface area contributed by atoms with Gasteiger partial charge in [-0.3, -0.25) is 9.59 Å². The molecule has 186 valence electrons.